The Morgan fingerprint density at radius 2 is 1.93 bits per heavy atom. The Kier molecular flexibility index (Phi) is 4.71. The van der Waals surface area contributed by atoms with Gasteiger partial charge in [0.1, 0.15) is 6.04 Å². The average Bonchev–Trinajstić information content (AvgIpc) is 3.23. The minimum absolute atomic E-state index is 0.00161. The van der Waals surface area contributed by atoms with Crippen LogP contribution in [0.25, 0.3) is 22.6 Å². The van der Waals surface area contributed by atoms with Crippen molar-refractivity contribution in [3.05, 3.63) is 68.8 Å². The van der Waals surface area contributed by atoms with Crippen molar-refractivity contribution in [2.45, 2.75) is 26.3 Å². The summed E-state index contributed by atoms with van der Waals surface area (Å²) >= 11 is 0. The third-order valence-corrected chi connectivity index (χ3v) is 4.71. The molecule has 0 amide bonds. The van der Waals surface area contributed by atoms with Gasteiger partial charge in [0.25, 0.3) is 11.4 Å². The Balaban J connectivity index is 1.76. The number of benzene rings is 1. The molecule has 0 saturated carbocycles. The number of rotatable bonds is 5. The Hall–Kier alpha value is -3.75. The predicted octanol–water partition coefficient (Wildman–Crippen LogP) is 2.58. The maximum absolute atomic E-state index is 12.9. The van der Waals surface area contributed by atoms with Crippen molar-refractivity contribution in [1.82, 2.24) is 19.7 Å². The summed E-state index contributed by atoms with van der Waals surface area (Å²) in [4.78, 5) is 33.8. The normalized spacial score (nSPS) is 12.2. The zero-order chi connectivity index (χ0) is 20.5. The van der Waals surface area contributed by atoms with E-state index in [-0.39, 0.29) is 22.7 Å². The lowest BCUT2D eigenvalue weighted by molar-refractivity contribution is 0.379. The molecule has 3 aromatic heterocycles. The monoisotopic (exact) mass is 394 g/mol. The van der Waals surface area contributed by atoms with Crippen LogP contribution < -0.4 is 16.1 Å². The molecule has 0 bridgehead atoms. The largest absolute Gasteiger partial charge is 0.493 e. The molecule has 9 heteroatoms. The van der Waals surface area contributed by atoms with E-state index in [0.717, 1.165) is 16.6 Å². The number of aryl methyl sites for hydroxylation is 1. The highest BCUT2D eigenvalue weighted by Crippen LogP contribution is 2.23. The van der Waals surface area contributed by atoms with E-state index in [4.69, 9.17) is 13.7 Å². The minimum Gasteiger partial charge on any atom is -0.493 e. The van der Waals surface area contributed by atoms with E-state index in [1.807, 2.05) is 24.3 Å². The van der Waals surface area contributed by atoms with Crippen molar-refractivity contribution in [2.24, 2.45) is 0 Å². The Bertz CT molecular complexity index is 1290. The van der Waals surface area contributed by atoms with E-state index >= 15 is 0 Å². The molecule has 9 nitrogen and oxygen atoms in total. The second kappa shape index (κ2) is 7.34. The van der Waals surface area contributed by atoms with Crippen molar-refractivity contribution < 1.29 is 13.7 Å². The fraction of sp³-hybridized carbons (Fsp3) is 0.250. The topological polar surface area (TPSA) is 113 Å². The SMILES string of the molecule is CCc1ccc(-c2nc([C@H](C)n3c(=O)oc4c(OC)ccnc4c3=O)no2)cc1. The summed E-state index contributed by atoms with van der Waals surface area (Å²) in [6, 6.07) is 8.41. The van der Waals surface area contributed by atoms with Gasteiger partial charge in [0.15, 0.2) is 17.1 Å². The standard InChI is InChI=1S/C20H18N4O5/c1-4-12-5-7-13(8-6-12)18-22-17(23-29-18)11(2)24-19(25)15-16(28-20(24)26)14(27-3)9-10-21-15/h5-11H,4H2,1-3H3/t11-/m0/s1. The molecule has 4 aromatic rings. The summed E-state index contributed by atoms with van der Waals surface area (Å²) in [5.74, 6) is -0.134. The summed E-state index contributed by atoms with van der Waals surface area (Å²) in [5, 5.41) is 3.94. The van der Waals surface area contributed by atoms with Crippen LogP contribution in [-0.2, 0) is 6.42 Å². The molecule has 4 rings (SSSR count). The molecule has 1 aromatic carbocycles. The molecular weight excluding hydrogens is 376 g/mol. The first-order valence-corrected chi connectivity index (χ1v) is 9.04. The number of nitrogens with zero attached hydrogens (tertiary/aromatic N) is 4. The maximum atomic E-state index is 12.9. The molecule has 3 heterocycles. The van der Waals surface area contributed by atoms with Gasteiger partial charge in [-0.15, -0.1) is 0 Å². The molecule has 0 aliphatic rings. The summed E-state index contributed by atoms with van der Waals surface area (Å²) in [6.45, 7) is 3.68. The van der Waals surface area contributed by atoms with E-state index in [0.29, 0.717) is 5.89 Å². The lowest BCUT2D eigenvalue weighted by Crippen LogP contribution is -2.36. The van der Waals surface area contributed by atoms with Crippen LogP contribution in [0, 0.1) is 0 Å². The van der Waals surface area contributed by atoms with Crippen LogP contribution in [0.4, 0.5) is 0 Å². The van der Waals surface area contributed by atoms with Crippen LogP contribution in [0.3, 0.4) is 0 Å². The second-order valence-corrected chi connectivity index (χ2v) is 6.42. The smallest absolute Gasteiger partial charge is 0.423 e. The average molecular weight is 394 g/mol. The second-order valence-electron chi connectivity index (χ2n) is 6.42. The first-order chi connectivity index (χ1) is 14.0. The number of methoxy groups -OCH3 is 1. The molecule has 0 spiro atoms. The number of ether oxygens (including phenoxy) is 1. The first kappa shape index (κ1) is 18.6. The number of hydrogen-bond acceptors (Lipinski definition) is 8. The molecular formula is C20H18N4O5. The first-order valence-electron chi connectivity index (χ1n) is 9.04. The lowest BCUT2D eigenvalue weighted by atomic mass is 10.1. The zero-order valence-corrected chi connectivity index (χ0v) is 16.1. The highest BCUT2D eigenvalue weighted by Gasteiger charge is 2.23. The van der Waals surface area contributed by atoms with E-state index in [2.05, 4.69) is 22.0 Å². The number of fused-ring (bicyclic) bond motifs is 1. The van der Waals surface area contributed by atoms with Crippen molar-refractivity contribution in [2.75, 3.05) is 7.11 Å². The lowest BCUT2D eigenvalue weighted by Gasteiger charge is -2.10. The molecule has 1 atom stereocenters. The van der Waals surface area contributed by atoms with Crippen molar-refractivity contribution in [3.8, 4) is 17.2 Å². The van der Waals surface area contributed by atoms with Crippen LogP contribution >= 0.6 is 0 Å². The van der Waals surface area contributed by atoms with Crippen LogP contribution in [0.2, 0.25) is 0 Å². The third-order valence-electron chi connectivity index (χ3n) is 4.71. The number of pyridine rings is 1. The van der Waals surface area contributed by atoms with Crippen molar-refractivity contribution in [3.63, 3.8) is 0 Å². The summed E-state index contributed by atoms with van der Waals surface area (Å²) in [6.07, 6.45) is 2.33. The highest BCUT2D eigenvalue weighted by atomic mass is 16.5. The summed E-state index contributed by atoms with van der Waals surface area (Å²) in [5.41, 5.74) is 1.29. The molecule has 0 fully saturated rings. The van der Waals surface area contributed by atoms with Gasteiger partial charge < -0.3 is 13.7 Å². The molecule has 29 heavy (non-hydrogen) atoms. The molecule has 148 valence electrons. The Morgan fingerprint density at radius 3 is 2.62 bits per heavy atom. The van der Waals surface area contributed by atoms with Gasteiger partial charge in [0.05, 0.1) is 7.11 Å². The Labute approximate surface area is 164 Å². The molecule has 0 aliphatic carbocycles. The fourth-order valence-electron chi connectivity index (χ4n) is 3.03. The summed E-state index contributed by atoms with van der Waals surface area (Å²) < 4.78 is 16.7. The highest BCUT2D eigenvalue weighted by molar-refractivity contribution is 5.77. The fourth-order valence-corrected chi connectivity index (χ4v) is 3.03. The molecule has 0 aliphatic heterocycles. The Morgan fingerprint density at radius 1 is 1.17 bits per heavy atom. The van der Waals surface area contributed by atoms with Crippen LogP contribution in [0.5, 0.6) is 5.75 Å². The van der Waals surface area contributed by atoms with E-state index in [1.54, 1.807) is 6.92 Å². The van der Waals surface area contributed by atoms with Gasteiger partial charge >= 0.3 is 5.76 Å². The van der Waals surface area contributed by atoms with Crippen LogP contribution in [0.15, 0.2) is 55.1 Å². The van der Waals surface area contributed by atoms with E-state index < -0.39 is 17.4 Å². The van der Waals surface area contributed by atoms with Gasteiger partial charge in [-0.2, -0.15) is 4.98 Å². The van der Waals surface area contributed by atoms with Gasteiger partial charge in [0.2, 0.25) is 5.58 Å². The van der Waals surface area contributed by atoms with Gasteiger partial charge in [-0.25, -0.2) is 14.3 Å². The number of aromatic nitrogens is 4. The third kappa shape index (κ3) is 3.20. The van der Waals surface area contributed by atoms with Crippen LogP contribution in [-0.4, -0.2) is 26.8 Å². The maximum Gasteiger partial charge on any atom is 0.423 e. The number of hydrogen-bond donors (Lipinski definition) is 0. The zero-order valence-electron chi connectivity index (χ0n) is 16.1. The minimum atomic E-state index is -0.861. The van der Waals surface area contributed by atoms with E-state index in [9.17, 15) is 9.59 Å². The van der Waals surface area contributed by atoms with Gasteiger partial charge in [0, 0.05) is 17.8 Å². The van der Waals surface area contributed by atoms with Crippen LogP contribution in [0.1, 0.15) is 31.3 Å². The van der Waals surface area contributed by atoms with Gasteiger partial charge in [-0.3, -0.25) is 4.79 Å². The van der Waals surface area contributed by atoms with Crippen molar-refractivity contribution in [1.29, 1.82) is 0 Å². The predicted molar refractivity (Wildman–Crippen MR) is 104 cm³/mol. The molecule has 0 unspecified atom stereocenters. The molecule has 0 radical (unpaired) electrons. The van der Waals surface area contributed by atoms with E-state index in [1.165, 1.54) is 24.9 Å². The molecule has 0 saturated heterocycles. The quantitative estimate of drug-likeness (QED) is 0.507. The summed E-state index contributed by atoms with van der Waals surface area (Å²) in [7, 11) is 1.41. The van der Waals surface area contributed by atoms with Crippen molar-refractivity contribution >= 4 is 11.1 Å². The molecule has 0 N–H and O–H groups in total. The van der Waals surface area contributed by atoms with Gasteiger partial charge in [-0.05, 0) is 31.0 Å². The van der Waals surface area contributed by atoms with Gasteiger partial charge in [-0.1, -0.05) is 24.2 Å².